The molecular weight excluding hydrogens is 1340 g/mol. The molecule has 0 saturated heterocycles. The molecule has 0 radical (unpaired) electrons. The lowest BCUT2D eigenvalue weighted by Gasteiger charge is -2.22. The molecule has 0 aromatic carbocycles. The van der Waals surface area contributed by atoms with Crippen LogP contribution < -0.4 is 0 Å². The Morgan fingerprint density at radius 2 is 0.680 bits per heavy atom. The number of hydrogen-bond acceptors (Lipinski definition) is 12. The van der Waals surface area contributed by atoms with E-state index in [-0.39, 0.29) is 23.1 Å². The molecule has 0 aromatic heterocycles. The van der Waals surface area contributed by atoms with Crippen molar-refractivity contribution in [1.29, 1.82) is 0 Å². The molecule has 2 atom stereocenters. The lowest BCUT2D eigenvalue weighted by Crippen LogP contribution is -2.30. The van der Waals surface area contributed by atoms with Crippen LogP contribution in [-0.2, 0) is 52.5 Å². The predicted molar refractivity (Wildman–Crippen MR) is 428 cm³/mol. The fourth-order valence-corrected chi connectivity index (χ4v) is 4.82. The first-order valence-corrected chi connectivity index (χ1v) is 40.6. The van der Waals surface area contributed by atoms with E-state index in [0.29, 0.717) is 36.6 Å². The first kappa shape index (κ1) is 135. The smallest absolute Gasteiger partial charge is 0.382 e. The highest BCUT2D eigenvalue weighted by Crippen LogP contribution is 2.23. The summed E-state index contributed by atoms with van der Waals surface area (Å²) >= 11 is 1.88. The van der Waals surface area contributed by atoms with Crippen LogP contribution in [0.4, 0.5) is 35.1 Å². The summed E-state index contributed by atoms with van der Waals surface area (Å²) in [5.41, 5.74) is 0.0220. The van der Waals surface area contributed by atoms with E-state index in [0.717, 1.165) is 69.3 Å². The molecule has 0 bridgehead atoms. The summed E-state index contributed by atoms with van der Waals surface area (Å²) in [4.78, 5) is 0. The number of alkyl halides is 8. The largest absolute Gasteiger partial charge is 0.414 e. The molecule has 11 nitrogen and oxygen atoms in total. The molecule has 0 aliphatic carbocycles. The highest BCUT2D eigenvalue weighted by molar-refractivity contribution is 7.99. The van der Waals surface area contributed by atoms with Gasteiger partial charge in [0.2, 0.25) is 0 Å². The Kier molecular flexibility index (Phi) is 120. The van der Waals surface area contributed by atoms with Gasteiger partial charge in [-0.3, -0.25) is 0 Å². The van der Waals surface area contributed by atoms with Gasteiger partial charge in [-0.05, 0) is 235 Å². The van der Waals surface area contributed by atoms with Gasteiger partial charge in [-0.1, -0.05) is 142 Å². The molecule has 21 heteroatoms. The summed E-state index contributed by atoms with van der Waals surface area (Å²) in [6.07, 6.45) is 0.742. The maximum absolute atomic E-state index is 11.8. The lowest BCUT2D eigenvalue weighted by molar-refractivity contribution is -0.243. The van der Waals surface area contributed by atoms with E-state index < -0.39 is 52.9 Å². The maximum Gasteiger partial charge on any atom is 0.414 e. The van der Waals surface area contributed by atoms with Crippen LogP contribution >= 0.6 is 11.8 Å². The molecule has 0 aliphatic rings. The van der Waals surface area contributed by atoms with Gasteiger partial charge in [0.1, 0.15) is 9.84 Å². The topological polar surface area (TPSA) is 117 Å². The van der Waals surface area contributed by atoms with E-state index in [4.69, 9.17) is 23.7 Å². The van der Waals surface area contributed by atoms with Gasteiger partial charge in [0.15, 0.2) is 12.5 Å². The summed E-state index contributed by atoms with van der Waals surface area (Å²) in [6.45, 7) is 87.7. The summed E-state index contributed by atoms with van der Waals surface area (Å²) in [5.74, 6) is 3.52. The van der Waals surface area contributed by atoms with Crippen molar-refractivity contribution >= 4 is 21.6 Å². The number of rotatable bonds is 25. The van der Waals surface area contributed by atoms with Gasteiger partial charge in [-0.2, -0.15) is 42.5 Å². The van der Waals surface area contributed by atoms with Crippen molar-refractivity contribution in [3.63, 3.8) is 0 Å². The monoisotopic (exact) mass is 1520 g/mol. The fourth-order valence-electron chi connectivity index (χ4n) is 4.82. The fraction of sp³-hybridized carbons (Fsp3) is 1.00. The highest BCUT2D eigenvalue weighted by Gasteiger charge is 2.37. The lowest BCUT2D eigenvalue weighted by atomic mass is 10.1. The van der Waals surface area contributed by atoms with E-state index in [9.17, 15) is 43.5 Å². The second-order valence-corrected chi connectivity index (χ2v) is 33.7. The third kappa shape index (κ3) is 265. The van der Waals surface area contributed by atoms with E-state index in [1.165, 1.54) is 51.7 Å². The average molecular weight is 1520 g/mol. The number of thioether (sulfide) groups is 1. The van der Waals surface area contributed by atoms with Crippen molar-refractivity contribution in [3.05, 3.63) is 0 Å². The Hall–Kier alpha value is -0.620. The van der Waals surface area contributed by atoms with E-state index in [1.807, 2.05) is 87.9 Å². The van der Waals surface area contributed by atoms with Gasteiger partial charge in [0.05, 0.1) is 71.9 Å². The van der Waals surface area contributed by atoms with Gasteiger partial charge in [-0.15, -0.1) is 0 Å². The molecule has 0 heterocycles. The molecule has 630 valence electrons. The van der Waals surface area contributed by atoms with Crippen LogP contribution in [0.5, 0.6) is 0 Å². The van der Waals surface area contributed by atoms with E-state index in [1.54, 1.807) is 76.3 Å². The number of unbranched alkanes of at least 4 members (excludes halogenated alkanes) is 1. The van der Waals surface area contributed by atoms with Crippen LogP contribution in [0.3, 0.4) is 0 Å². The molecule has 100 heavy (non-hydrogen) atoms. The standard InChI is InChI=1S/C7H16O.C7H16.C6H11F3O.2C6H14O.C6H14.2C5H10F2O.C5H11FO.C5H12O.C5H12.C4H10O2S.C4H10O.C4H10S.C4H10/c1-6(2)8-7(3,4)5;1-4-5-6-7(2)3;1-4(2)10-5(3)6(7,8)9;1-5(2)7-6(3)4;1-4-5-7-6(2)3;1-4-5-6(2)3;2*1-4(2)8-5(3,6)7;1-4(2)7-5(3)6;1-4-6-5(2)3;1-4-5(2)3;1-4(2)7(3,5)6;2*1-4(2)5-3;1-4(2)3/h6H,1-5H3;7H,4-6H2,1-3H3;4-5H,1-3H3;5-6H,1-4H3;6H,4-5H2,1-3H3;6H,4-5H2,1-3H3;2*4H,1-3H3;4-5H,1-3H3;5H,4H2,1-3H3;5H,4H2,1-3H3;4H,1-3H3;2*4H,1-3H3;4H,1-3H3. The van der Waals surface area contributed by atoms with Crippen LogP contribution in [0.15, 0.2) is 0 Å². The molecule has 0 spiro atoms. The minimum Gasteiger partial charge on any atom is -0.382 e. The second kappa shape index (κ2) is 89.0. The van der Waals surface area contributed by atoms with Crippen molar-refractivity contribution in [2.24, 2.45) is 23.7 Å². The first-order chi connectivity index (χ1) is 44.4. The normalized spacial score (nSPS) is 11.8. The minimum absolute atomic E-state index is 0.000000000000000222. The Morgan fingerprint density at radius 1 is 0.400 bits per heavy atom. The number of methoxy groups -OCH3 is 1. The molecule has 0 aromatic rings. The summed E-state index contributed by atoms with van der Waals surface area (Å²) in [6, 6.07) is 0. The molecule has 2 unspecified atom stereocenters. The van der Waals surface area contributed by atoms with Gasteiger partial charge in [0.25, 0.3) is 0 Å². The van der Waals surface area contributed by atoms with Gasteiger partial charge < -0.3 is 42.6 Å². The number of ether oxygens (including phenoxy) is 9. The van der Waals surface area contributed by atoms with Gasteiger partial charge >= 0.3 is 18.4 Å². The van der Waals surface area contributed by atoms with Crippen molar-refractivity contribution in [1.82, 2.24) is 0 Å². The quantitative estimate of drug-likeness (QED) is 0.0810. The Balaban J connectivity index is -0.0000000598. The van der Waals surface area contributed by atoms with Crippen LogP contribution in [0, 0.1) is 23.7 Å². The number of hydrogen-bond donors (Lipinski definition) is 0. The number of sulfone groups is 1. The van der Waals surface area contributed by atoms with E-state index in [2.05, 4.69) is 164 Å². The van der Waals surface area contributed by atoms with Gasteiger partial charge in [0, 0.05) is 40.4 Å². The van der Waals surface area contributed by atoms with Crippen molar-refractivity contribution < 1.29 is 86.2 Å². The SMILES string of the molecule is CC(C)C.CC(C)OC(C)(C)C.CC(C)OC(C)(F)F.CC(C)OC(C)(F)F.CC(C)OC(C)C.CC(C)OC(C)C(F)(F)F.CC(C)OC(C)F.CC(C)S(C)(=O)=O.CCC(C)C.CCCC(C)C.CCCCC(C)C.CCCOC(C)C.CCOC(C)C.COC(C)C.CSC(C)C. The predicted octanol–water partition coefficient (Wildman–Crippen LogP) is 27.6. The van der Waals surface area contributed by atoms with Crippen molar-refractivity contribution in [2.45, 2.75) is 465 Å². The molecule has 0 saturated carbocycles. The van der Waals surface area contributed by atoms with Crippen LogP contribution in [0.2, 0.25) is 0 Å². The Morgan fingerprint density at radius 3 is 0.710 bits per heavy atom. The first-order valence-electron chi connectivity index (χ1n) is 37.3. The zero-order chi connectivity index (χ0) is 84.3. The third-order valence-corrected chi connectivity index (χ3v) is 11.8. The van der Waals surface area contributed by atoms with Crippen LogP contribution in [-0.4, -0.2) is 149 Å². The van der Waals surface area contributed by atoms with Gasteiger partial charge in [-0.25, -0.2) is 12.8 Å². The molecule has 0 fully saturated rings. The van der Waals surface area contributed by atoms with Crippen molar-refractivity contribution in [2.75, 3.05) is 32.8 Å². The minimum atomic E-state index is -4.23. The molecule has 0 aliphatic heterocycles. The average Bonchev–Trinajstić information content (AvgIpc) is 1.00. The van der Waals surface area contributed by atoms with Crippen LogP contribution in [0.1, 0.15) is 357 Å². The molecule has 0 N–H and O–H groups in total. The van der Waals surface area contributed by atoms with E-state index >= 15 is 0 Å². The summed E-state index contributed by atoms with van der Waals surface area (Å²) in [7, 11) is -1.04. The Labute approximate surface area is 625 Å². The molecular formula is C79H180F8O11S2. The highest BCUT2D eigenvalue weighted by atomic mass is 32.2. The zero-order valence-electron chi connectivity index (χ0n) is 75.1. The number of halogens is 8. The maximum atomic E-state index is 11.8. The van der Waals surface area contributed by atoms with Crippen molar-refractivity contribution in [3.8, 4) is 0 Å². The second-order valence-electron chi connectivity index (χ2n) is 29.7. The Bertz CT molecular complexity index is 1410. The zero-order valence-corrected chi connectivity index (χ0v) is 76.7. The molecule has 0 amide bonds. The third-order valence-electron chi connectivity index (χ3n) is 9.19. The summed E-state index contributed by atoms with van der Waals surface area (Å²) in [5, 5.41) is 0.572. The van der Waals surface area contributed by atoms with Crippen LogP contribution in [0.25, 0.3) is 0 Å². The molecule has 0 rings (SSSR count). The summed E-state index contributed by atoms with van der Waals surface area (Å²) < 4.78 is 157.